The molecule has 0 spiro atoms. The molecule has 0 saturated carbocycles. The van der Waals surface area contributed by atoms with Crippen molar-refractivity contribution in [1.82, 2.24) is 0 Å². The van der Waals surface area contributed by atoms with Crippen LogP contribution in [0.3, 0.4) is 0 Å². The first kappa shape index (κ1) is 22.5. The van der Waals surface area contributed by atoms with Crippen molar-refractivity contribution in [3.63, 3.8) is 0 Å². The lowest BCUT2D eigenvalue weighted by atomic mass is 9.91. The molecular formula is C26H22F3NO3S. The summed E-state index contributed by atoms with van der Waals surface area (Å²) in [5.41, 5.74) is -3.68. The molecule has 0 atom stereocenters. The van der Waals surface area contributed by atoms with Crippen LogP contribution in [0, 0.1) is 0 Å². The van der Waals surface area contributed by atoms with Crippen LogP contribution in [0.15, 0.2) is 72.8 Å². The minimum absolute atomic E-state index is 0.336. The summed E-state index contributed by atoms with van der Waals surface area (Å²) < 4.78 is 68.7. The first-order chi connectivity index (χ1) is 16.3. The summed E-state index contributed by atoms with van der Waals surface area (Å²) in [4.78, 5) is 2.22. The number of nitrogens with zero attached hydrogens (tertiary/aromatic N) is 1. The Hall–Kier alpha value is -3.26. The van der Waals surface area contributed by atoms with E-state index in [1.807, 2.05) is 48.5 Å². The zero-order valence-corrected chi connectivity index (χ0v) is 19.0. The van der Waals surface area contributed by atoms with Crippen molar-refractivity contribution >= 4 is 37.4 Å². The number of benzene rings is 4. The van der Waals surface area contributed by atoms with Crippen LogP contribution in [-0.4, -0.2) is 27.0 Å². The van der Waals surface area contributed by atoms with E-state index >= 15 is 0 Å². The second kappa shape index (κ2) is 8.51. The third kappa shape index (κ3) is 3.96. The number of rotatable bonds is 4. The fraction of sp³-hybridized carbons (Fsp3) is 0.231. The topological polar surface area (TPSA) is 46.6 Å². The molecule has 4 aromatic carbocycles. The summed E-state index contributed by atoms with van der Waals surface area (Å²) in [5.74, 6) is -0.342. The van der Waals surface area contributed by atoms with E-state index in [0.717, 1.165) is 54.2 Å². The van der Waals surface area contributed by atoms with E-state index in [0.29, 0.717) is 16.5 Å². The summed E-state index contributed by atoms with van der Waals surface area (Å²) >= 11 is 0. The molecule has 5 rings (SSSR count). The van der Waals surface area contributed by atoms with Crippen molar-refractivity contribution in [3.05, 3.63) is 72.8 Å². The number of alkyl halides is 3. The summed E-state index contributed by atoms with van der Waals surface area (Å²) in [6.07, 6.45) is 3.13. The lowest BCUT2D eigenvalue weighted by molar-refractivity contribution is -0.0499. The standard InChI is InChI=1S/C26H22F3NO3S/c27-26(28,29)34(31,32)33-23-15-13-19-9-3-5-11-21(19)25(23)24-20-10-4-2-8-18(20)12-14-22(24)30-16-6-1-7-17-30/h2-5,8-15H,1,6-7,16-17H2. The lowest BCUT2D eigenvalue weighted by Crippen LogP contribution is -2.30. The van der Waals surface area contributed by atoms with E-state index < -0.39 is 15.6 Å². The summed E-state index contributed by atoms with van der Waals surface area (Å²) in [5, 5.41) is 3.10. The highest BCUT2D eigenvalue weighted by atomic mass is 32.2. The van der Waals surface area contributed by atoms with Gasteiger partial charge in [-0.05, 0) is 52.9 Å². The first-order valence-corrected chi connectivity index (χ1v) is 12.5. The average molecular weight is 486 g/mol. The monoisotopic (exact) mass is 485 g/mol. The largest absolute Gasteiger partial charge is 0.534 e. The number of halogens is 3. The Kier molecular flexibility index (Phi) is 5.64. The molecule has 4 nitrogen and oxygen atoms in total. The van der Waals surface area contributed by atoms with Gasteiger partial charge in [-0.25, -0.2) is 0 Å². The molecule has 0 aromatic heterocycles. The maximum absolute atomic E-state index is 13.3. The minimum Gasteiger partial charge on any atom is -0.375 e. The van der Waals surface area contributed by atoms with Gasteiger partial charge in [0.1, 0.15) is 0 Å². The molecule has 0 unspecified atom stereocenters. The van der Waals surface area contributed by atoms with Crippen molar-refractivity contribution in [2.24, 2.45) is 0 Å². The van der Waals surface area contributed by atoms with Gasteiger partial charge in [0.2, 0.25) is 0 Å². The summed E-state index contributed by atoms with van der Waals surface area (Å²) in [7, 11) is -5.85. The second-order valence-corrected chi connectivity index (χ2v) is 9.91. The predicted octanol–water partition coefficient (Wildman–Crippen LogP) is 6.88. The molecule has 0 aliphatic carbocycles. The SMILES string of the molecule is O=S(=O)(Oc1ccc2ccccc2c1-c1c(N2CCCCC2)ccc2ccccc12)C(F)(F)F. The Morgan fingerprint density at radius 1 is 0.706 bits per heavy atom. The molecule has 1 aliphatic rings. The molecular weight excluding hydrogens is 463 g/mol. The van der Waals surface area contributed by atoms with Crippen molar-refractivity contribution in [1.29, 1.82) is 0 Å². The minimum atomic E-state index is -5.85. The van der Waals surface area contributed by atoms with Gasteiger partial charge in [-0.1, -0.05) is 60.7 Å². The number of piperidine rings is 1. The van der Waals surface area contributed by atoms with E-state index in [1.165, 1.54) is 6.07 Å². The van der Waals surface area contributed by atoms with Crippen molar-refractivity contribution in [2.75, 3.05) is 18.0 Å². The molecule has 1 heterocycles. The molecule has 34 heavy (non-hydrogen) atoms. The van der Waals surface area contributed by atoms with E-state index in [9.17, 15) is 21.6 Å². The fourth-order valence-electron chi connectivity index (χ4n) is 4.67. The van der Waals surface area contributed by atoms with E-state index in [2.05, 4.69) is 4.90 Å². The van der Waals surface area contributed by atoms with Crippen LogP contribution in [0.5, 0.6) is 5.75 Å². The van der Waals surface area contributed by atoms with Gasteiger partial charge in [-0.2, -0.15) is 21.6 Å². The van der Waals surface area contributed by atoms with Gasteiger partial charge < -0.3 is 9.08 Å². The smallest absolute Gasteiger partial charge is 0.375 e. The molecule has 176 valence electrons. The van der Waals surface area contributed by atoms with Crippen molar-refractivity contribution in [3.8, 4) is 16.9 Å². The maximum atomic E-state index is 13.3. The van der Waals surface area contributed by atoms with Gasteiger partial charge in [-0.15, -0.1) is 0 Å². The molecule has 0 radical (unpaired) electrons. The van der Waals surface area contributed by atoms with E-state index in [-0.39, 0.29) is 5.75 Å². The third-order valence-electron chi connectivity index (χ3n) is 6.23. The van der Waals surface area contributed by atoms with Gasteiger partial charge in [-0.3, -0.25) is 0 Å². The van der Waals surface area contributed by atoms with Crippen molar-refractivity contribution in [2.45, 2.75) is 24.8 Å². The zero-order chi connectivity index (χ0) is 23.9. The lowest BCUT2D eigenvalue weighted by Gasteiger charge is -2.32. The van der Waals surface area contributed by atoms with Crippen LogP contribution in [0.25, 0.3) is 32.7 Å². The second-order valence-electron chi connectivity index (χ2n) is 8.37. The molecule has 1 fully saturated rings. The maximum Gasteiger partial charge on any atom is 0.534 e. The van der Waals surface area contributed by atoms with Crippen LogP contribution in [0.4, 0.5) is 18.9 Å². The molecule has 0 N–H and O–H groups in total. The average Bonchev–Trinajstić information content (AvgIpc) is 2.83. The number of hydrogen-bond donors (Lipinski definition) is 0. The quantitative estimate of drug-likeness (QED) is 0.234. The first-order valence-electron chi connectivity index (χ1n) is 11.1. The van der Waals surface area contributed by atoms with Crippen LogP contribution >= 0.6 is 0 Å². The van der Waals surface area contributed by atoms with Crippen LogP contribution in [-0.2, 0) is 10.1 Å². The molecule has 1 saturated heterocycles. The summed E-state index contributed by atoms with van der Waals surface area (Å²) in [6.45, 7) is 1.63. The molecule has 0 bridgehead atoms. The molecule has 0 amide bonds. The Balaban J connectivity index is 1.86. The van der Waals surface area contributed by atoms with Gasteiger partial charge in [0.25, 0.3) is 0 Å². The van der Waals surface area contributed by atoms with Gasteiger partial charge in [0.15, 0.2) is 5.75 Å². The van der Waals surface area contributed by atoms with Gasteiger partial charge in [0, 0.05) is 29.9 Å². The zero-order valence-electron chi connectivity index (χ0n) is 18.2. The highest BCUT2D eigenvalue weighted by Crippen LogP contribution is 2.47. The van der Waals surface area contributed by atoms with Gasteiger partial charge in [0.05, 0.1) is 0 Å². The van der Waals surface area contributed by atoms with E-state index in [4.69, 9.17) is 4.18 Å². The van der Waals surface area contributed by atoms with Crippen molar-refractivity contribution < 1.29 is 25.8 Å². The highest BCUT2D eigenvalue weighted by molar-refractivity contribution is 7.88. The number of fused-ring (bicyclic) bond motifs is 2. The Morgan fingerprint density at radius 3 is 1.88 bits per heavy atom. The fourth-order valence-corrected chi connectivity index (χ4v) is 5.14. The predicted molar refractivity (Wildman–Crippen MR) is 129 cm³/mol. The third-order valence-corrected chi connectivity index (χ3v) is 7.19. The molecule has 8 heteroatoms. The normalized spacial score (nSPS) is 15.1. The van der Waals surface area contributed by atoms with E-state index in [1.54, 1.807) is 18.2 Å². The number of anilines is 1. The molecule has 1 aliphatic heterocycles. The number of hydrogen-bond acceptors (Lipinski definition) is 4. The van der Waals surface area contributed by atoms with Gasteiger partial charge >= 0.3 is 15.6 Å². The Labute approximate surface area is 195 Å². The Morgan fingerprint density at radius 2 is 1.26 bits per heavy atom. The summed E-state index contributed by atoms with van der Waals surface area (Å²) in [6, 6.07) is 21.6. The van der Waals surface area contributed by atoms with Crippen LogP contribution in [0.2, 0.25) is 0 Å². The van der Waals surface area contributed by atoms with Crippen LogP contribution < -0.4 is 9.08 Å². The Bertz CT molecular complexity index is 1480. The molecule has 4 aromatic rings. The van der Waals surface area contributed by atoms with Crippen LogP contribution in [0.1, 0.15) is 19.3 Å². The highest BCUT2D eigenvalue weighted by Gasteiger charge is 2.49.